The van der Waals surface area contributed by atoms with Gasteiger partial charge in [0.2, 0.25) is 0 Å². The Morgan fingerprint density at radius 1 is 1.35 bits per heavy atom. The van der Waals surface area contributed by atoms with Crippen molar-refractivity contribution in [2.45, 2.75) is 38.2 Å². The summed E-state index contributed by atoms with van der Waals surface area (Å²) in [6.07, 6.45) is 3.86. The van der Waals surface area contributed by atoms with Gasteiger partial charge in [-0.1, -0.05) is 30.3 Å². The molecule has 0 aliphatic carbocycles. The van der Waals surface area contributed by atoms with E-state index in [4.69, 9.17) is 4.74 Å². The van der Waals surface area contributed by atoms with Crippen LogP contribution in [0.3, 0.4) is 0 Å². The van der Waals surface area contributed by atoms with Crippen molar-refractivity contribution in [1.82, 2.24) is 4.90 Å². The maximum absolute atomic E-state index is 12.0. The minimum absolute atomic E-state index is 0.0122. The first-order chi connectivity index (χ1) is 9.63. The Bertz CT molecular complexity index is 432. The molecule has 1 aliphatic heterocycles. The molecular formula is C17H25NO2. The first kappa shape index (κ1) is 15.2. The molecule has 1 aromatic rings. The quantitative estimate of drug-likeness (QED) is 0.747. The number of rotatable bonds is 6. The average Bonchev–Trinajstić information content (AvgIpc) is 2.48. The number of hydrogen-bond acceptors (Lipinski definition) is 3. The van der Waals surface area contributed by atoms with Gasteiger partial charge in [-0.3, -0.25) is 4.79 Å². The number of methoxy groups -OCH3 is 1. The van der Waals surface area contributed by atoms with E-state index in [-0.39, 0.29) is 11.4 Å². The van der Waals surface area contributed by atoms with Gasteiger partial charge in [0.1, 0.15) is 0 Å². The number of likely N-dealkylation sites (tertiary alicyclic amines) is 1. The number of ether oxygens (including phenoxy) is 1. The second-order valence-corrected chi connectivity index (χ2v) is 5.93. The molecule has 0 bridgehead atoms. The van der Waals surface area contributed by atoms with Crippen LogP contribution in [-0.2, 0) is 4.74 Å². The smallest absolute Gasteiger partial charge is 0.162 e. The Kier molecular flexibility index (Phi) is 5.32. The Labute approximate surface area is 121 Å². The summed E-state index contributed by atoms with van der Waals surface area (Å²) in [5, 5.41) is 0. The van der Waals surface area contributed by atoms with Crippen molar-refractivity contribution >= 4 is 5.78 Å². The third kappa shape index (κ3) is 4.15. The minimum atomic E-state index is -0.0122. The van der Waals surface area contributed by atoms with Crippen molar-refractivity contribution in [3.63, 3.8) is 0 Å². The Balaban J connectivity index is 1.75. The van der Waals surface area contributed by atoms with Crippen molar-refractivity contribution < 1.29 is 9.53 Å². The topological polar surface area (TPSA) is 29.5 Å². The molecule has 1 unspecified atom stereocenters. The van der Waals surface area contributed by atoms with E-state index in [1.165, 1.54) is 6.42 Å². The molecule has 0 amide bonds. The molecule has 3 nitrogen and oxygen atoms in total. The van der Waals surface area contributed by atoms with Gasteiger partial charge in [0.25, 0.3) is 0 Å². The number of hydrogen-bond donors (Lipinski definition) is 0. The van der Waals surface area contributed by atoms with Gasteiger partial charge in [0.05, 0.1) is 5.60 Å². The molecule has 1 heterocycles. The van der Waals surface area contributed by atoms with Gasteiger partial charge in [-0.15, -0.1) is 0 Å². The molecule has 0 aromatic heterocycles. The zero-order valence-electron chi connectivity index (χ0n) is 12.6. The molecule has 1 saturated heterocycles. The highest BCUT2D eigenvalue weighted by Gasteiger charge is 2.30. The monoisotopic (exact) mass is 275 g/mol. The summed E-state index contributed by atoms with van der Waals surface area (Å²) >= 11 is 0. The number of nitrogens with zero attached hydrogens (tertiary/aromatic N) is 1. The van der Waals surface area contributed by atoms with Crippen molar-refractivity contribution in [2.24, 2.45) is 0 Å². The van der Waals surface area contributed by atoms with Crippen molar-refractivity contribution in [2.75, 3.05) is 26.7 Å². The molecule has 2 rings (SSSR count). The first-order valence-corrected chi connectivity index (χ1v) is 7.49. The van der Waals surface area contributed by atoms with Gasteiger partial charge in [-0.2, -0.15) is 0 Å². The molecule has 0 spiro atoms. The van der Waals surface area contributed by atoms with Crippen LogP contribution in [0.25, 0.3) is 0 Å². The van der Waals surface area contributed by atoms with Crippen molar-refractivity contribution in [3.05, 3.63) is 35.9 Å². The number of carbonyl (C=O) groups excluding carboxylic acids is 1. The molecule has 0 radical (unpaired) electrons. The average molecular weight is 275 g/mol. The molecule has 1 fully saturated rings. The van der Waals surface area contributed by atoms with E-state index in [1.807, 2.05) is 30.3 Å². The van der Waals surface area contributed by atoms with Crippen LogP contribution in [0.2, 0.25) is 0 Å². The summed E-state index contributed by atoms with van der Waals surface area (Å²) in [4.78, 5) is 14.4. The summed E-state index contributed by atoms with van der Waals surface area (Å²) in [5.41, 5.74) is 0.815. The highest BCUT2D eigenvalue weighted by Crippen LogP contribution is 2.24. The SMILES string of the molecule is COC1(C)CCCN(CCCC(=O)c2ccccc2)C1. The highest BCUT2D eigenvalue weighted by molar-refractivity contribution is 5.95. The van der Waals surface area contributed by atoms with E-state index in [1.54, 1.807) is 7.11 Å². The van der Waals surface area contributed by atoms with E-state index in [0.717, 1.165) is 38.0 Å². The van der Waals surface area contributed by atoms with Crippen LogP contribution in [0.4, 0.5) is 0 Å². The molecule has 3 heteroatoms. The Morgan fingerprint density at radius 2 is 2.10 bits per heavy atom. The predicted octanol–water partition coefficient (Wildman–Crippen LogP) is 3.15. The lowest BCUT2D eigenvalue weighted by Gasteiger charge is -2.39. The number of Topliss-reactive ketones (excluding diaryl/α,β-unsaturated/α-hetero) is 1. The number of piperidine rings is 1. The maximum Gasteiger partial charge on any atom is 0.162 e. The number of carbonyl (C=O) groups is 1. The molecule has 110 valence electrons. The van der Waals surface area contributed by atoms with Crippen LogP contribution in [0, 0.1) is 0 Å². The molecule has 20 heavy (non-hydrogen) atoms. The molecule has 1 atom stereocenters. The summed E-state index contributed by atoms with van der Waals surface area (Å²) in [6.45, 7) is 5.26. The van der Waals surface area contributed by atoms with Crippen LogP contribution < -0.4 is 0 Å². The van der Waals surface area contributed by atoms with Crippen LogP contribution >= 0.6 is 0 Å². The van der Waals surface area contributed by atoms with Crippen LogP contribution in [0.5, 0.6) is 0 Å². The van der Waals surface area contributed by atoms with E-state index >= 15 is 0 Å². The van der Waals surface area contributed by atoms with Crippen LogP contribution in [0.15, 0.2) is 30.3 Å². The van der Waals surface area contributed by atoms with Gasteiger partial charge in [0.15, 0.2) is 5.78 Å². The summed E-state index contributed by atoms with van der Waals surface area (Å²) in [7, 11) is 1.79. The van der Waals surface area contributed by atoms with Gasteiger partial charge >= 0.3 is 0 Å². The fraction of sp³-hybridized carbons (Fsp3) is 0.588. The van der Waals surface area contributed by atoms with E-state index < -0.39 is 0 Å². The minimum Gasteiger partial charge on any atom is -0.377 e. The zero-order valence-corrected chi connectivity index (χ0v) is 12.6. The van der Waals surface area contributed by atoms with Gasteiger partial charge < -0.3 is 9.64 Å². The molecule has 0 N–H and O–H groups in total. The fourth-order valence-electron chi connectivity index (χ4n) is 2.90. The lowest BCUT2D eigenvalue weighted by molar-refractivity contribution is -0.0507. The van der Waals surface area contributed by atoms with E-state index in [0.29, 0.717) is 6.42 Å². The fourth-order valence-corrected chi connectivity index (χ4v) is 2.90. The van der Waals surface area contributed by atoms with Gasteiger partial charge in [0, 0.05) is 25.6 Å². The standard InChI is InChI=1S/C17H25NO2/c1-17(20-2)11-7-13-18(14-17)12-6-10-16(19)15-8-4-3-5-9-15/h3-5,8-9H,6-7,10-14H2,1-2H3. The number of benzene rings is 1. The van der Waals surface area contributed by atoms with Crippen LogP contribution in [-0.4, -0.2) is 43.0 Å². The Morgan fingerprint density at radius 3 is 2.80 bits per heavy atom. The lowest BCUT2D eigenvalue weighted by atomic mass is 9.94. The maximum atomic E-state index is 12.0. The van der Waals surface area contributed by atoms with Crippen LogP contribution in [0.1, 0.15) is 43.0 Å². The third-order valence-corrected chi connectivity index (χ3v) is 4.20. The van der Waals surface area contributed by atoms with E-state index in [9.17, 15) is 4.79 Å². The molecule has 1 aromatic carbocycles. The Hall–Kier alpha value is -1.19. The van der Waals surface area contributed by atoms with Gasteiger partial charge in [-0.05, 0) is 39.3 Å². The zero-order chi connectivity index (χ0) is 14.4. The number of ketones is 1. The van der Waals surface area contributed by atoms with Crippen molar-refractivity contribution in [3.8, 4) is 0 Å². The summed E-state index contributed by atoms with van der Waals surface area (Å²) in [6, 6.07) is 9.57. The highest BCUT2D eigenvalue weighted by atomic mass is 16.5. The predicted molar refractivity (Wildman–Crippen MR) is 81.1 cm³/mol. The van der Waals surface area contributed by atoms with Crippen molar-refractivity contribution in [1.29, 1.82) is 0 Å². The van der Waals surface area contributed by atoms with E-state index in [2.05, 4.69) is 11.8 Å². The normalized spacial score (nSPS) is 23.7. The summed E-state index contributed by atoms with van der Waals surface area (Å²) < 4.78 is 5.60. The second-order valence-electron chi connectivity index (χ2n) is 5.93. The molecule has 0 saturated carbocycles. The lowest BCUT2D eigenvalue weighted by Crippen LogP contribution is -2.47. The third-order valence-electron chi connectivity index (χ3n) is 4.20. The summed E-state index contributed by atoms with van der Waals surface area (Å²) in [5.74, 6) is 0.247. The largest absolute Gasteiger partial charge is 0.377 e. The molecule has 1 aliphatic rings. The molecular weight excluding hydrogens is 250 g/mol. The first-order valence-electron chi connectivity index (χ1n) is 7.49. The van der Waals surface area contributed by atoms with Gasteiger partial charge in [-0.25, -0.2) is 0 Å². The second kappa shape index (κ2) is 7.00.